The van der Waals surface area contributed by atoms with Crippen molar-refractivity contribution in [2.24, 2.45) is 0 Å². The van der Waals surface area contributed by atoms with Crippen LogP contribution in [0, 0.1) is 0 Å². The SMILES string of the molecule is C[C@@H](NC(=O)c1ncc2c(n1)N(C(=O)Nc1ccccn1)C1CCCN2C1)C(F)(F)F. The number of rotatable bonds is 3. The van der Waals surface area contributed by atoms with Gasteiger partial charge in [0.25, 0.3) is 5.91 Å². The first-order valence-electron chi connectivity index (χ1n) is 9.75. The number of carbonyl (C=O) groups is 2. The molecule has 0 aromatic carbocycles. The number of alkyl halides is 3. The molecule has 0 spiro atoms. The van der Waals surface area contributed by atoms with Gasteiger partial charge < -0.3 is 10.2 Å². The average molecular weight is 435 g/mol. The molecule has 12 heteroatoms. The van der Waals surface area contributed by atoms with Crippen LogP contribution < -0.4 is 20.4 Å². The number of nitrogens with zero attached hydrogens (tertiary/aromatic N) is 5. The second-order valence-corrected chi connectivity index (χ2v) is 7.40. The van der Waals surface area contributed by atoms with Crippen LogP contribution in [0.25, 0.3) is 0 Å². The van der Waals surface area contributed by atoms with Crippen molar-refractivity contribution in [3.63, 3.8) is 0 Å². The van der Waals surface area contributed by atoms with Crippen molar-refractivity contribution in [1.82, 2.24) is 20.3 Å². The highest BCUT2D eigenvalue weighted by Gasteiger charge is 2.40. The Morgan fingerprint density at radius 1 is 1.26 bits per heavy atom. The summed E-state index contributed by atoms with van der Waals surface area (Å²) in [5.41, 5.74) is 0.549. The highest BCUT2D eigenvalue weighted by atomic mass is 19.4. The van der Waals surface area contributed by atoms with Crippen LogP contribution in [0.15, 0.2) is 30.6 Å². The zero-order chi connectivity index (χ0) is 22.2. The molecule has 2 aromatic rings. The fraction of sp³-hybridized carbons (Fsp3) is 0.421. The third-order valence-electron chi connectivity index (χ3n) is 5.24. The molecule has 164 valence electrons. The Morgan fingerprint density at radius 3 is 2.77 bits per heavy atom. The third-order valence-corrected chi connectivity index (χ3v) is 5.24. The van der Waals surface area contributed by atoms with Crippen LogP contribution in [0.1, 0.15) is 30.4 Å². The van der Waals surface area contributed by atoms with Gasteiger partial charge in [0, 0.05) is 19.3 Å². The van der Waals surface area contributed by atoms with E-state index in [0.717, 1.165) is 26.3 Å². The van der Waals surface area contributed by atoms with Gasteiger partial charge in [-0.2, -0.15) is 13.2 Å². The van der Waals surface area contributed by atoms with Crippen LogP contribution >= 0.6 is 0 Å². The Morgan fingerprint density at radius 2 is 2.06 bits per heavy atom. The fourth-order valence-electron chi connectivity index (χ4n) is 3.64. The number of carbonyl (C=O) groups excluding carboxylic acids is 2. The van der Waals surface area contributed by atoms with E-state index in [1.807, 2.05) is 10.2 Å². The molecule has 2 bridgehead atoms. The van der Waals surface area contributed by atoms with Gasteiger partial charge in [-0.15, -0.1) is 0 Å². The average Bonchev–Trinajstić information content (AvgIpc) is 2.73. The standard InChI is InChI=1S/C19H20F3N7O2/c1-11(19(20,21)22)25-17(30)15-24-9-13-16(27-15)29(12-5-4-8-28(13)10-12)18(31)26-14-6-2-3-7-23-14/h2-3,6-7,9,11-12H,4-5,8,10H2,1H3,(H,25,30)(H,23,26,31)/t11-,12?/m1/s1. The van der Waals surface area contributed by atoms with Crippen LogP contribution in [-0.2, 0) is 0 Å². The summed E-state index contributed by atoms with van der Waals surface area (Å²) in [6.45, 7) is 2.14. The highest BCUT2D eigenvalue weighted by Crippen LogP contribution is 2.37. The van der Waals surface area contributed by atoms with Crippen molar-refractivity contribution < 1.29 is 22.8 Å². The van der Waals surface area contributed by atoms with Crippen molar-refractivity contribution in [3.8, 4) is 0 Å². The first-order valence-corrected chi connectivity index (χ1v) is 9.75. The number of pyridine rings is 1. The van der Waals surface area contributed by atoms with Gasteiger partial charge in [0.05, 0.1) is 17.9 Å². The molecule has 2 aliphatic rings. The van der Waals surface area contributed by atoms with Gasteiger partial charge in [0.2, 0.25) is 5.82 Å². The molecule has 1 saturated heterocycles. The van der Waals surface area contributed by atoms with Crippen LogP contribution in [0.5, 0.6) is 0 Å². The first kappa shape index (κ1) is 20.8. The molecule has 0 radical (unpaired) electrons. The molecule has 9 nitrogen and oxygen atoms in total. The molecule has 31 heavy (non-hydrogen) atoms. The van der Waals surface area contributed by atoms with Crippen molar-refractivity contribution in [1.29, 1.82) is 0 Å². The molecule has 0 aliphatic carbocycles. The zero-order valence-corrected chi connectivity index (χ0v) is 16.6. The van der Waals surface area contributed by atoms with E-state index >= 15 is 0 Å². The highest BCUT2D eigenvalue weighted by molar-refractivity contribution is 6.04. The Balaban J connectivity index is 1.65. The number of anilines is 3. The molecule has 3 amide bonds. The van der Waals surface area contributed by atoms with E-state index in [1.54, 1.807) is 18.2 Å². The lowest BCUT2D eigenvalue weighted by Gasteiger charge is -2.45. The number of urea groups is 1. The number of hydrogen-bond acceptors (Lipinski definition) is 6. The first-order chi connectivity index (χ1) is 14.7. The smallest absolute Gasteiger partial charge is 0.365 e. The lowest BCUT2D eigenvalue weighted by molar-refractivity contribution is -0.149. The predicted molar refractivity (Wildman–Crippen MR) is 106 cm³/mol. The summed E-state index contributed by atoms with van der Waals surface area (Å²) < 4.78 is 38.4. The van der Waals surface area contributed by atoms with Gasteiger partial charge in [-0.1, -0.05) is 6.07 Å². The summed E-state index contributed by atoms with van der Waals surface area (Å²) in [7, 11) is 0. The largest absolute Gasteiger partial charge is 0.408 e. The van der Waals surface area contributed by atoms with Gasteiger partial charge in [0.15, 0.2) is 5.82 Å². The van der Waals surface area contributed by atoms with E-state index < -0.39 is 30.0 Å². The van der Waals surface area contributed by atoms with Crippen molar-refractivity contribution in [2.75, 3.05) is 28.2 Å². The van der Waals surface area contributed by atoms with Crippen LogP contribution in [0.3, 0.4) is 0 Å². The van der Waals surface area contributed by atoms with E-state index in [-0.39, 0.29) is 11.9 Å². The minimum absolute atomic E-state index is 0.184. The summed E-state index contributed by atoms with van der Waals surface area (Å²) in [4.78, 5) is 41.0. The van der Waals surface area contributed by atoms with Crippen LogP contribution in [0.4, 0.5) is 35.3 Å². The number of halogens is 3. The number of nitrogens with one attached hydrogen (secondary N) is 2. The predicted octanol–water partition coefficient (Wildman–Crippen LogP) is 2.57. The van der Waals surface area contributed by atoms with Gasteiger partial charge >= 0.3 is 12.2 Å². The number of fused-ring (bicyclic) bond motifs is 4. The maximum Gasteiger partial charge on any atom is 0.408 e. The molecule has 4 rings (SSSR count). The van der Waals surface area contributed by atoms with E-state index in [1.165, 1.54) is 17.3 Å². The molecule has 2 aliphatic heterocycles. The quantitative estimate of drug-likeness (QED) is 0.768. The zero-order valence-electron chi connectivity index (χ0n) is 16.6. The maximum atomic E-state index is 13.1. The molecular weight excluding hydrogens is 415 g/mol. The fourth-order valence-corrected chi connectivity index (χ4v) is 3.64. The molecule has 4 heterocycles. The number of hydrogen-bond donors (Lipinski definition) is 2. The maximum absolute atomic E-state index is 13.1. The summed E-state index contributed by atoms with van der Waals surface area (Å²) in [5, 5.41) is 4.55. The normalized spacial score (nSPS) is 18.8. The monoisotopic (exact) mass is 435 g/mol. The summed E-state index contributed by atoms with van der Waals surface area (Å²) in [6, 6.07) is 2.32. The summed E-state index contributed by atoms with van der Waals surface area (Å²) in [6.07, 6.45) is -0.112. The van der Waals surface area contributed by atoms with E-state index in [4.69, 9.17) is 0 Å². The topological polar surface area (TPSA) is 103 Å². The Kier molecular flexibility index (Phi) is 5.38. The molecule has 0 saturated carbocycles. The molecule has 2 aromatic heterocycles. The second kappa shape index (κ2) is 8.00. The number of piperidine rings is 1. The molecule has 2 N–H and O–H groups in total. The summed E-state index contributed by atoms with van der Waals surface area (Å²) >= 11 is 0. The Labute approximate surface area is 175 Å². The number of amides is 3. The van der Waals surface area contributed by atoms with Gasteiger partial charge in [-0.3, -0.25) is 15.0 Å². The van der Waals surface area contributed by atoms with Crippen molar-refractivity contribution in [2.45, 2.75) is 38.0 Å². The lowest BCUT2D eigenvalue weighted by Crippen LogP contribution is -2.56. The van der Waals surface area contributed by atoms with E-state index in [9.17, 15) is 22.8 Å². The van der Waals surface area contributed by atoms with Gasteiger partial charge in [-0.05, 0) is 31.9 Å². The van der Waals surface area contributed by atoms with Gasteiger partial charge in [-0.25, -0.2) is 19.7 Å². The number of aromatic nitrogens is 3. The molecule has 1 unspecified atom stereocenters. The minimum atomic E-state index is -4.60. The van der Waals surface area contributed by atoms with Crippen molar-refractivity contribution in [3.05, 3.63) is 36.4 Å². The van der Waals surface area contributed by atoms with Crippen LogP contribution in [0.2, 0.25) is 0 Å². The molecule has 2 atom stereocenters. The lowest BCUT2D eigenvalue weighted by atomic mass is 10.0. The van der Waals surface area contributed by atoms with Crippen LogP contribution in [-0.4, -0.2) is 58.2 Å². The Hall–Kier alpha value is -3.44. The van der Waals surface area contributed by atoms with Gasteiger partial charge in [0.1, 0.15) is 11.9 Å². The Bertz CT molecular complexity index is 986. The van der Waals surface area contributed by atoms with E-state index in [0.29, 0.717) is 18.1 Å². The van der Waals surface area contributed by atoms with E-state index in [2.05, 4.69) is 20.3 Å². The minimum Gasteiger partial charge on any atom is -0.365 e. The second-order valence-electron chi connectivity index (χ2n) is 7.40. The van der Waals surface area contributed by atoms with Crippen molar-refractivity contribution >= 4 is 29.3 Å². The summed E-state index contributed by atoms with van der Waals surface area (Å²) in [5.74, 6) is -0.974. The molecule has 1 fully saturated rings. The third kappa shape index (κ3) is 4.23. The molecular formula is C19H20F3N7O2.